The van der Waals surface area contributed by atoms with Gasteiger partial charge < -0.3 is 10.4 Å². The number of thioether (sulfide) groups is 1. The fourth-order valence-electron chi connectivity index (χ4n) is 3.17. The molecule has 17 heavy (non-hydrogen) atoms. The summed E-state index contributed by atoms with van der Waals surface area (Å²) < 4.78 is 0. The van der Waals surface area contributed by atoms with Gasteiger partial charge in [0.2, 0.25) is 0 Å². The SMILES string of the molecule is OC1CCC(Br)CC1C1NC2=C(CCCC2)S1. The van der Waals surface area contributed by atoms with Crippen molar-refractivity contribution in [1.82, 2.24) is 5.32 Å². The summed E-state index contributed by atoms with van der Waals surface area (Å²) in [6, 6.07) is 0. The van der Waals surface area contributed by atoms with E-state index < -0.39 is 0 Å². The van der Waals surface area contributed by atoms with Crippen molar-refractivity contribution in [3.63, 3.8) is 0 Å². The van der Waals surface area contributed by atoms with Crippen LogP contribution >= 0.6 is 27.7 Å². The van der Waals surface area contributed by atoms with Crippen LogP contribution in [0.25, 0.3) is 0 Å². The van der Waals surface area contributed by atoms with Gasteiger partial charge in [0.15, 0.2) is 0 Å². The van der Waals surface area contributed by atoms with E-state index in [-0.39, 0.29) is 6.10 Å². The third kappa shape index (κ3) is 2.54. The third-order valence-electron chi connectivity index (χ3n) is 4.19. The molecule has 3 rings (SSSR count). The van der Waals surface area contributed by atoms with Crippen LogP contribution in [-0.4, -0.2) is 21.4 Å². The van der Waals surface area contributed by atoms with Gasteiger partial charge in [-0.05, 0) is 44.9 Å². The molecule has 0 aromatic heterocycles. The first-order valence-electron chi connectivity index (χ1n) is 6.71. The first-order chi connectivity index (χ1) is 8.24. The summed E-state index contributed by atoms with van der Waals surface area (Å²) in [4.78, 5) is 2.17. The highest BCUT2D eigenvalue weighted by Gasteiger charge is 2.38. The van der Waals surface area contributed by atoms with Crippen LogP contribution < -0.4 is 5.32 Å². The van der Waals surface area contributed by atoms with Crippen molar-refractivity contribution in [2.75, 3.05) is 0 Å². The maximum atomic E-state index is 10.2. The molecular weight excluding hydrogens is 298 g/mol. The Morgan fingerprint density at radius 3 is 2.88 bits per heavy atom. The molecule has 3 aliphatic rings. The van der Waals surface area contributed by atoms with Crippen LogP contribution in [0, 0.1) is 5.92 Å². The molecule has 0 radical (unpaired) electrons. The number of rotatable bonds is 1. The second-order valence-electron chi connectivity index (χ2n) is 5.43. The molecule has 0 aromatic carbocycles. The van der Waals surface area contributed by atoms with Gasteiger partial charge in [-0.25, -0.2) is 0 Å². The Bertz CT molecular complexity index is 315. The van der Waals surface area contributed by atoms with E-state index in [2.05, 4.69) is 21.2 Å². The third-order valence-corrected chi connectivity index (χ3v) is 6.48. The van der Waals surface area contributed by atoms with Crippen molar-refractivity contribution in [1.29, 1.82) is 0 Å². The first-order valence-corrected chi connectivity index (χ1v) is 8.51. The van der Waals surface area contributed by atoms with E-state index in [4.69, 9.17) is 0 Å². The zero-order valence-electron chi connectivity index (χ0n) is 9.99. The maximum Gasteiger partial charge on any atom is 0.0817 e. The highest BCUT2D eigenvalue weighted by Crippen LogP contribution is 2.45. The van der Waals surface area contributed by atoms with E-state index in [1.54, 1.807) is 4.91 Å². The number of aliphatic hydroxyl groups is 1. The van der Waals surface area contributed by atoms with Gasteiger partial charge in [0, 0.05) is 21.3 Å². The molecule has 4 unspecified atom stereocenters. The fourth-order valence-corrected chi connectivity index (χ4v) is 5.41. The molecule has 1 saturated carbocycles. The topological polar surface area (TPSA) is 32.3 Å². The van der Waals surface area contributed by atoms with Crippen molar-refractivity contribution < 1.29 is 5.11 Å². The summed E-state index contributed by atoms with van der Waals surface area (Å²) in [5.74, 6) is 0.406. The normalized spacial score (nSPS) is 42.2. The lowest BCUT2D eigenvalue weighted by Crippen LogP contribution is -2.41. The van der Waals surface area contributed by atoms with Crippen molar-refractivity contribution in [2.24, 2.45) is 5.92 Å². The Balaban J connectivity index is 1.66. The average molecular weight is 318 g/mol. The number of alkyl halides is 1. The smallest absolute Gasteiger partial charge is 0.0817 e. The molecule has 1 heterocycles. The minimum Gasteiger partial charge on any atom is -0.393 e. The zero-order valence-corrected chi connectivity index (χ0v) is 12.4. The Hall–Kier alpha value is 0.330. The highest BCUT2D eigenvalue weighted by atomic mass is 79.9. The van der Waals surface area contributed by atoms with Crippen molar-refractivity contribution in [2.45, 2.75) is 61.3 Å². The summed E-state index contributed by atoms with van der Waals surface area (Å²) in [6.07, 6.45) is 8.19. The van der Waals surface area contributed by atoms with Gasteiger partial charge in [0.05, 0.1) is 11.5 Å². The molecule has 0 spiro atoms. The van der Waals surface area contributed by atoms with Gasteiger partial charge in [0.25, 0.3) is 0 Å². The van der Waals surface area contributed by atoms with Gasteiger partial charge in [-0.15, -0.1) is 11.8 Å². The van der Waals surface area contributed by atoms with Crippen molar-refractivity contribution in [3.05, 3.63) is 10.6 Å². The summed E-state index contributed by atoms with van der Waals surface area (Å²) in [7, 11) is 0. The zero-order chi connectivity index (χ0) is 11.8. The van der Waals surface area contributed by atoms with E-state index in [0.717, 1.165) is 19.3 Å². The van der Waals surface area contributed by atoms with E-state index in [1.807, 2.05) is 11.8 Å². The Morgan fingerprint density at radius 1 is 1.24 bits per heavy atom. The Labute approximate surface area is 116 Å². The van der Waals surface area contributed by atoms with Gasteiger partial charge in [-0.2, -0.15) is 0 Å². The largest absolute Gasteiger partial charge is 0.393 e. The molecule has 0 bridgehead atoms. The van der Waals surface area contributed by atoms with Crippen LogP contribution in [-0.2, 0) is 0 Å². The van der Waals surface area contributed by atoms with Crippen LogP contribution in [0.1, 0.15) is 44.9 Å². The standard InChI is InChI=1S/C13H20BrNOS/c14-8-5-6-11(16)9(7-8)13-15-10-3-1-2-4-12(10)17-13/h8-9,11,13,15-16H,1-7H2. The van der Waals surface area contributed by atoms with Gasteiger partial charge in [-0.3, -0.25) is 0 Å². The number of aliphatic hydroxyl groups excluding tert-OH is 1. The minimum atomic E-state index is -0.116. The monoisotopic (exact) mass is 317 g/mol. The predicted octanol–water partition coefficient (Wildman–Crippen LogP) is 3.36. The van der Waals surface area contributed by atoms with Gasteiger partial charge in [-0.1, -0.05) is 15.9 Å². The molecule has 4 atom stereocenters. The molecule has 1 fully saturated rings. The number of allylic oxidation sites excluding steroid dienone is 2. The van der Waals surface area contributed by atoms with Crippen LogP contribution in [0.4, 0.5) is 0 Å². The van der Waals surface area contributed by atoms with E-state index in [9.17, 15) is 5.11 Å². The summed E-state index contributed by atoms with van der Waals surface area (Å²) in [6.45, 7) is 0. The molecule has 2 nitrogen and oxygen atoms in total. The molecule has 0 amide bonds. The lowest BCUT2D eigenvalue weighted by molar-refractivity contribution is 0.0687. The lowest BCUT2D eigenvalue weighted by atomic mass is 9.86. The molecule has 4 heteroatoms. The van der Waals surface area contributed by atoms with E-state index in [0.29, 0.717) is 16.1 Å². The summed E-state index contributed by atoms with van der Waals surface area (Å²) in [5, 5.41) is 14.3. The second kappa shape index (κ2) is 5.14. The van der Waals surface area contributed by atoms with E-state index in [1.165, 1.54) is 31.4 Å². The van der Waals surface area contributed by atoms with Crippen LogP contribution in [0.15, 0.2) is 10.6 Å². The quantitative estimate of drug-likeness (QED) is 0.727. The molecule has 2 N–H and O–H groups in total. The average Bonchev–Trinajstić information content (AvgIpc) is 2.75. The predicted molar refractivity (Wildman–Crippen MR) is 76.1 cm³/mol. The molecular formula is C13H20BrNOS. The lowest BCUT2D eigenvalue weighted by Gasteiger charge is -2.34. The molecule has 1 aliphatic heterocycles. The van der Waals surface area contributed by atoms with Crippen molar-refractivity contribution >= 4 is 27.7 Å². The number of nitrogens with one attached hydrogen (secondary N) is 1. The minimum absolute atomic E-state index is 0.116. The number of hydrogen-bond donors (Lipinski definition) is 2. The Morgan fingerprint density at radius 2 is 2.06 bits per heavy atom. The van der Waals surface area contributed by atoms with Crippen LogP contribution in [0.3, 0.4) is 0 Å². The Kier molecular flexibility index (Phi) is 3.74. The van der Waals surface area contributed by atoms with Gasteiger partial charge >= 0.3 is 0 Å². The van der Waals surface area contributed by atoms with Crippen LogP contribution in [0.5, 0.6) is 0 Å². The molecule has 2 aliphatic carbocycles. The molecule has 96 valence electrons. The number of hydrogen-bond acceptors (Lipinski definition) is 3. The highest BCUT2D eigenvalue weighted by molar-refractivity contribution is 9.09. The molecule has 0 saturated heterocycles. The summed E-state index contributed by atoms with van der Waals surface area (Å²) >= 11 is 5.71. The first kappa shape index (κ1) is 12.4. The van der Waals surface area contributed by atoms with Crippen LogP contribution in [0.2, 0.25) is 0 Å². The maximum absolute atomic E-state index is 10.2. The fraction of sp³-hybridized carbons (Fsp3) is 0.846. The second-order valence-corrected chi connectivity index (χ2v) is 7.96. The molecule has 0 aromatic rings. The van der Waals surface area contributed by atoms with Crippen molar-refractivity contribution in [3.8, 4) is 0 Å². The van der Waals surface area contributed by atoms with E-state index >= 15 is 0 Å². The van der Waals surface area contributed by atoms with Gasteiger partial charge in [0.1, 0.15) is 0 Å². The number of halogens is 1. The summed E-state index contributed by atoms with van der Waals surface area (Å²) in [5.41, 5.74) is 1.48.